The first-order valence-corrected chi connectivity index (χ1v) is 12.3. The summed E-state index contributed by atoms with van der Waals surface area (Å²) in [7, 11) is 0. The first-order chi connectivity index (χ1) is 16.1. The molecule has 0 bridgehead atoms. The van der Waals surface area contributed by atoms with E-state index >= 15 is 0 Å². The Kier molecular flexibility index (Phi) is 7.03. The lowest BCUT2D eigenvalue weighted by Crippen LogP contribution is -2.28. The molecule has 3 aromatic rings. The number of carboxylic acid groups (broad SMARTS) is 1. The summed E-state index contributed by atoms with van der Waals surface area (Å²) in [6, 6.07) is 15.8. The van der Waals surface area contributed by atoms with Gasteiger partial charge in [-0.05, 0) is 92.3 Å². The predicted molar refractivity (Wildman–Crippen MR) is 139 cm³/mol. The zero-order valence-corrected chi connectivity index (χ0v) is 21.0. The smallest absolute Gasteiger partial charge is 0.337 e. The highest BCUT2D eigenvalue weighted by Gasteiger charge is 2.31. The number of rotatable bonds is 4. The molecule has 1 aliphatic rings. The highest BCUT2D eigenvalue weighted by Crippen LogP contribution is 2.41. The third-order valence-corrected chi connectivity index (χ3v) is 6.51. The van der Waals surface area contributed by atoms with Crippen molar-refractivity contribution in [3.05, 3.63) is 70.2 Å². The van der Waals surface area contributed by atoms with Crippen molar-refractivity contribution in [2.45, 2.75) is 65.1 Å². The van der Waals surface area contributed by atoms with Crippen LogP contribution in [-0.4, -0.2) is 16.7 Å². The Bertz CT molecular complexity index is 1270. The van der Waals surface area contributed by atoms with Gasteiger partial charge in [0.25, 0.3) is 0 Å². The normalized spacial score (nSPS) is 15.2. The first kappa shape index (κ1) is 24.3. The van der Waals surface area contributed by atoms with E-state index in [1.165, 1.54) is 25.7 Å². The number of ether oxygens (including phenoxy) is 1. The molecule has 0 spiro atoms. The van der Waals surface area contributed by atoms with Crippen LogP contribution in [0.2, 0.25) is 5.02 Å². The summed E-state index contributed by atoms with van der Waals surface area (Å²) in [4.78, 5) is 12.5. The van der Waals surface area contributed by atoms with Gasteiger partial charge in [-0.1, -0.05) is 60.5 Å². The van der Waals surface area contributed by atoms with E-state index < -0.39 is 17.7 Å². The molecule has 1 N–H and O–H groups in total. The molecule has 0 aliphatic heterocycles. The molecule has 0 radical (unpaired) electrons. The largest absolute Gasteiger partial charge is 0.479 e. The lowest BCUT2D eigenvalue weighted by atomic mass is 9.86. The average Bonchev–Trinajstić information content (AvgIpc) is 3.29. The number of fused-ring (bicyclic) bond motifs is 1. The van der Waals surface area contributed by atoms with Crippen LogP contribution in [0.1, 0.15) is 69.2 Å². The van der Waals surface area contributed by atoms with Crippen LogP contribution in [0, 0.1) is 24.7 Å². The number of halogens is 1. The van der Waals surface area contributed by atoms with Crippen molar-refractivity contribution < 1.29 is 14.6 Å². The molecule has 0 aromatic heterocycles. The van der Waals surface area contributed by atoms with E-state index in [0.717, 1.165) is 33.0 Å². The molecule has 34 heavy (non-hydrogen) atoms. The van der Waals surface area contributed by atoms with Crippen LogP contribution in [0.4, 0.5) is 0 Å². The van der Waals surface area contributed by atoms with Crippen LogP contribution >= 0.6 is 11.6 Å². The highest BCUT2D eigenvalue weighted by atomic mass is 35.5. The molecular formula is C30H31ClO3. The standard InChI is InChI=1S/C30H31ClO3/c1-19-17-23-12-11-21(10-9-20-7-5-6-8-20)18-25(23)27(22-13-15-24(31)16-14-22)26(19)28(29(32)33)34-30(2,3)4/h11-18,20,28H,5-8H2,1-4H3,(H,32,33). The molecule has 1 fully saturated rings. The zero-order valence-electron chi connectivity index (χ0n) is 20.2. The lowest BCUT2D eigenvalue weighted by Gasteiger charge is -2.28. The third-order valence-electron chi connectivity index (χ3n) is 6.26. The molecule has 0 saturated heterocycles. The minimum atomic E-state index is -1.11. The van der Waals surface area contributed by atoms with Gasteiger partial charge in [0.2, 0.25) is 0 Å². The summed E-state index contributed by atoms with van der Waals surface area (Å²) in [5, 5.41) is 12.8. The van der Waals surface area contributed by atoms with Crippen molar-refractivity contribution in [3.63, 3.8) is 0 Å². The predicted octanol–water partition coefficient (Wildman–Crippen LogP) is 7.95. The molecule has 4 heteroatoms. The quantitative estimate of drug-likeness (QED) is 0.390. The number of hydrogen-bond acceptors (Lipinski definition) is 2. The number of carbonyl (C=O) groups is 1. The van der Waals surface area contributed by atoms with Gasteiger partial charge in [-0.3, -0.25) is 0 Å². The maximum Gasteiger partial charge on any atom is 0.337 e. The maximum atomic E-state index is 12.5. The molecule has 1 aliphatic carbocycles. The SMILES string of the molecule is Cc1cc2ccc(C#CC3CCCC3)cc2c(-c2ccc(Cl)cc2)c1C(OC(C)(C)C)C(=O)O. The summed E-state index contributed by atoms with van der Waals surface area (Å²) in [6.07, 6.45) is 3.74. The van der Waals surface area contributed by atoms with Crippen LogP contribution in [0.3, 0.4) is 0 Å². The summed E-state index contributed by atoms with van der Waals surface area (Å²) in [6.45, 7) is 7.57. The lowest BCUT2D eigenvalue weighted by molar-refractivity contribution is -0.160. The van der Waals surface area contributed by atoms with E-state index in [1.54, 1.807) is 0 Å². The van der Waals surface area contributed by atoms with Crippen LogP contribution in [0.5, 0.6) is 0 Å². The first-order valence-electron chi connectivity index (χ1n) is 11.9. The molecule has 1 unspecified atom stereocenters. The van der Waals surface area contributed by atoms with Gasteiger partial charge >= 0.3 is 5.97 Å². The number of aryl methyl sites for hydroxylation is 1. The van der Waals surface area contributed by atoms with Crippen LogP contribution in [0.15, 0.2) is 48.5 Å². The van der Waals surface area contributed by atoms with Gasteiger partial charge < -0.3 is 9.84 Å². The Labute approximate surface area is 207 Å². The van der Waals surface area contributed by atoms with E-state index in [2.05, 4.69) is 30.0 Å². The van der Waals surface area contributed by atoms with Gasteiger partial charge in [-0.2, -0.15) is 0 Å². The molecule has 0 heterocycles. The van der Waals surface area contributed by atoms with Crippen molar-refractivity contribution in [1.82, 2.24) is 0 Å². The highest BCUT2D eigenvalue weighted by molar-refractivity contribution is 6.30. The van der Waals surface area contributed by atoms with E-state index in [4.69, 9.17) is 16.3 Å². The van der Waals surface area contributed by atoms with Gasteiger partial charge in [-0.25, -0.2) is 4.79 Å². The van der Waals surface area contributed by atoms with Crippen molar-refractivity contribution in [3.8, 4) is 23.0 Å². The monoisotopic (exact) mass is 474 g/mol. The second kappa shape index (κ2) is 9.82. The fourth-order valence-corrected chi connectivity index (χ4v) is 4.86. The van der Waals surface area contributed by atoms with Crippen LogP contribution in [0.25, 0.3) is 21.9 Å². The zero-order chi connectivity index (χ0) is 24.5. The number of hydrogen-bond donors (Lipinski definition) is 1. The third kappa shape index (κ3) is 5.46. The molecule has 1 saturated carbocycles. The minimum Gasteiger partial charge on any atom is -0.479 e. The van der Waals surface area contributed by atoms with E-state index in [1.807, 2.05) is 58.0 Å². The number of benzene rings is 3. The van der Waals surface area contributed by atoms with Crippen molar-refractivity contribution in [2.24, 2.45) is 5.92 Å². The van der Waals surface area contributed by atoms with Gasteiger partial charge in [-0.15, -0.1) is 0 Å². The van der Waals surface area contributed by atoms with Gasteiger partial charge in [0.05, 0.1) is 5.60 Å². The molecular weight excluding hydrogens is 444 g/mol. The average molecular weight is 475 g/mol. The molecule has 176 valence electrons. The number of aliphatic carboxylic acids is 1. The van der Waals surface area contributed by atoms with Crippen LogP contribution < -0.4 is 0 Å². The van der Waals surface area contributed by atoms with Crippen molar-refractivity contribution in [2.75, 3.05) is 0 Å². The fourth-order valence-electron chi connectivity index (χ4n) is 4.74. The molecule has 0 amide bonds. The summed E-state index contributed by atoms with van der Waals surface area (Å²) >= 11 is 6.18. The second-order valence-corrected chi connectivity index (χ2v) is 10.6. The fraction of sp³-hybridized carbons (Fsp3) is 0.367. The Morgan fingerprint density at radius 1 is 1.09 bits per heavy atom. The summed E-state index contributed by atoms with van der Waals surface area (Å²) in [5.41, 5.74) is 3.60. The van der Waals surface area contributed by atoms with Gasteiger partial charge in [0.1, 0.15) is 0 Å². The molecule has 1 atom stereocenters. The van der Waals surface area contributed by atoms with E-state index in [0.29, 0.717) is 16.5 Å². The second-order valence-electron chi connectivity index (χ2n) is 10.1. The summed E-state index contributed by atoms with van der Waals surface area (Å²) in [5.74, 6) is 6.27. The Morgan fingerprint density at radius 2 is 1.76 bits per heavy atom. The Morgan fingerprint density at radius 3 is 2.38 bits per heavy atom. The van der Waals surface area contributed by atoms with Crippen molar-refractivity contribution in [1.29, 1.82) is 0 Å². The Balaban J connectivity index is 1.97. The van der Waals surface area contributed by atoms with E-state index in [9.17, 15) is 9.90 Å². The van der Waals surface area contributed by atoms with E-state index in [-0.39, 0.29) is 0 Å². The van der Waals surface area contributed by atoms with Gasteiger partial charge in [0.15, 0.2) is 6.10 Å². The summed E-state index contributed by atoms with van der Waals surface area (Å²) < 4.78 is 6.09. The molecule has 3 aromatic carbocycles. The number of carboxylic acids is 1. The van der Waals surface area contributed by atoms with Crippen LogP contribution in [-0.2, 0) is 9.53 Å². The Hall–Kier alpha value is -2.80. The minimum absolute atomic E-state index is 0.469. The maximum absolute atomic E-state index is 12.5. The van der Waals surface area contributed by atoms with Crippen molar-refractivity contribution >= 4 is 28.3 Å². The van der Waals surface area contributed by atoms with Gasteiger partial charge in [0, 0.05) is 22.1 Å². The molecule has 3 nitrogen and oxygen atoms in total. The topological polar surface area (TPSA) is 46.5 Å². The molecule has 4 rings (SSSR count).